The molecular formula is C53H69N9O17S. The summed E-state index contributed by atoms with van der Waals surface area (Å²) in [7, 11) is -2.40. The molecule has 4 bridgehead atoms. The standard InChI is InChI=1S/C53H69N9O17S/c1-6-24(2)43-47(73)56-19-39(69)57-33-23-80(77)48-31(30-8-7-29(18-32(30)58-48)78-12-11-61-50(75)41-42(51(61)76)53(5)10-9-52(41,4)79-53)13-26(45(71)55-20-40(70)59-43)14-36(66)44(25(3)37(67)22-63)60-46(72)34-17-28(64)21-62(34)49(74)27(15-35(33)65)16-38(54)68/h7-10,18,24-28,33-34,37,41-44,58,63-64,67H,6,11-17,19-23H2,1-5H3,(H2,54,68)(H,55,71)(H,56,73)(H,57,69)(H,59,70)(H,60,72)/t24-,25-,26?,27-,28?,33?,34-,37-,41-,42+,43-,44-,52?,53?,80?/m0/s1. The molecule has 8 rings (SSSR count). The number of likely N-dealkylation sites (tertiary alicyclic amines) is 1. The van der Waals surface area contributed by atoms with Crippen molar-refractivity contribution in [1.29, 1.82) is 0 Å². The quantitative estimate of drug-likeness (QED) is 0.0776. The Bertz CT molecular complexity index is 2910. The monoisotopic (exact) mass is 1140 g/mol. The predicted octanol–water partition coefficient (Wildman–Crippen LogP) is -3.35. The average Bonchev–Trinajstić information content (AvgIpc) is 4.39. The zero-order valence-corrected chi connectivity index (χ0v) is 45.8. The molecule has 26 nitrogen and oxygen atoms in total. The summed E-state index contributed by atoms with van der Waals surface area (Å²) in [5.41, 5.74) is 4.08. The van der Waals surface area contributed by atoms with Gasteiger partial charge in [-0.1, -0.05) is 39.3 Å². The molecule has 1 aromatic carbocycles. The maximum Gasteiger partial charge on any atom is 0.243 e. The summed E-state index contributed by atoms with van der Waals surface area (Å²) >= 11 is 0. The van der Waals surface area contributed by atoms with E-state index in [-0.39, 0.29) is 41.4 Å². The number of aromatic nitrogens is 1. The van der Waals surface area contributed by atoms with Gasteiger partial charge in [-0.25, -0.2) is 0 Å². The van der Waals surface area contributed by atoms with E-state index in [4.69, 9.17) is 15.2 Å². The van der Waals surface area contributed by atoms with Crippen LogP contribution in [0.3, 0.4) is 0 Å². The highest BCUT2D eigenvalue weighted by Crippen LogP contribution is 2.57. The van der Waals surface area contributed by atoms with E-state index in [0.29, 0.717) is 11.8 Å². The summed E-state index contributed by atoms with van der Waals surface area (Å²) in [5, 5.41) is 44.6. The van der Waals surface area contributed by atoms with E-state index in [1.54, 1.807) is 45.9 Å². The van der Waals surface area contributed by atoms with E-state index in [9.17, 15) is 68.1 Å². The number of ketones is 2. The van der Waals surface area contributed by atoms with Gasteiger partial charge in [0.15, 0.2) is 11.6 Å². The lowest BCUT2D eigenvalue weighted by Crippen LogP contribution is -2.56. The van der Waals surface area contributed by atoms with Crippen molar-refractivity contribution < 1.29 is 81.7 Å². The maximum atomic E-state index is 15.1. The molecule has 1 aromatic heterocycles. The Morgan fingerprint density at radius 1 is 0.863 bits per heavy atom. The molecule has 6 aliphatic rings. The number of aromatic amines is 1. The first-order valence-corrected chi connectivity index (χ1v) is 28.1. The number of hydrogen-bond donors (Lipinski definition) is 10. The van der Waals surface area contributed by atoms with Crippen LogP contribution < -0.4 is 37.1 Å². The summed E-state index contributed by atoms with van der Waals surface area (Å²) in [4.78, 5) is 159. The minimum Gasteiger partial charge on any atom is -0.492 e. The van der Waals surface area contributed by atoms with Gasteiger partial charge in [0.2, 0.25) is 53.2 Å². The summed E-state index contributed by atoms with van der Waals surface area (Å²) in [5.74, 6) is -16.1. The molecule has 3 saturated heterocycles. The van der Waals surface area contributed by atoms with Crippen LogP contribution in [0.4, 0.5) is 0 Å². The number of aliphatic hydroxyl groups excluding tert-OH is 3. The number of benzene rings is 1. The highest BCUT2D eigenvalue weighted by molar-refractivity contribution is 7.85. The van der Waals surface area contributed by atoms with Gasteiger partial charge < -0.3 is 67.0 Å². The minimum absolute atomic E-state index is 0.117. The fourth-order valence-corrected chi connectivity index (χ4v) is 13.3. The van der Waals surface area contributed by atoms with Crippen LogP contribution >= 0.6 is 0 Å². The van der Waals surface area contributed by atoms with E-state index in [1.165, 1.54) is 19.1 Å². The number of rotatable bonds is 11. The number of nitrogens with two attached hydrogens (primary N) is 1. The lowest BCUT2D eigenvalue weighted by Gasteiger charge is -2.32. The van der Waals surface area contributed by atoms with Gasteiger partial charge in [0.05, 0.1) is 102 Å². The number of carbonyl (C=O) groups excluding carboxylic acids is 11. The Kier molecular flexibility index (Phi) is 17.5. The molecule has 0 aliphatic carbocycles. The van der Waals surface area contributed by atoms with E-state index in [1.807, 2.05) is 0 Å². The normalized spacial score (nSPS) is 33.0. The Hall–Kier alpha value is -6.94. The zero-order valence-electron chi connectivity index (χ0n) is 44.9. The number of H-pyrrole nitrogens is 1. The molecule has 11 N–H and O–H groups in total. The van der Waals surface area contributed by atoms with Crippen molar-refractivity contribution in [3.63, 3.8) is 0 Å². The second-order valence-corrected chi connectivity index (χ2v) is 23.6. The van der Waals surface area contributed by atoms with Crippen LogP contribution in [0.1, 0.15) is 72.3 Å². The second-order valence-electron chi connectivity index (χ2n) is 22.2. The molecule has 434 valence electrons. The van der Waals surface area contributed by atoms with Crippen LogP contribution in [0.25, 0.3) is 10.9 Å². The maximum absolute atomic E-state index is 15.1. The topological polar surface area (TPSA) is 392 Å². The number of ether oxygens (including phenoxy) is 2. The van der Waals surface area contributed by atoms with Gasteiger partial charge in [-0.3, -0.25) is 61.8 Å². The first-order chi connectivity index (χ1) is 37.8. The SMILES string of the molecule is CC[C@H](C)[C@@H]1NC(=O)CNC(=O)C2CC(=O)[C@H]([C@@H](C)[C@@H](O)CO)NC(=O)[C@@H]3CC(O)CN3C(=O)[C@H](CC(N)=O)CC(=O)C(CS(=O)c3[nH]c4cc(OCCN5C(=O)[C@@H]6[C@H](C5=O)C5(C)C=CC6(C)O5)ccc4c3C2)NC(=O)CNC1=O. The number of Topliss-reactive ketones (excluding diaryl/α,β-unsaturated/α-hetero) is 2. The Labute approximate surface area is 461 Å². The van der Waals surface area contributed by atoms with Gasteiger partial charge in [0, 0.05) is 55.5 Å². The molecule has 3 fully saturated rings. The van der Waals surface area contributed by atoms with Crippen molar-refractivity contribution in [3.8, 4) is 5.75 Å². The van der Waals surface area contributed by atoms with E-state index < -0.39 is 216 Å². The molecule has 27 heteroatoms. The van der Waals surface area contributed by atoms with E-state index >= 15 is 4.21 Å². The van der Waals surface area contributed by atoms with Gasteiger partial charge >= 0.3 is 0 Å². The molecule has 15 atom stereocenters. The molecule has 9 amide bonds. The molecule has 2 aromatic rings. The van der Waals surface area contributed by atoms with Crippen molar-refractivity contribution >= 4 is 86.4 Å². The summed E-state index contributed by atoms with van der Waals surface area (Å²) < 4.78 is 27.3. The third-order valence-electron chi connectivity index (χ3n) is 16.5. The van der Waals surface area contributed by atoms with Gasteiger partial charge in [0.1, 0.15) is 29.5 Å². The lowest BCUT2D eigenvalue weighted by atomic mass is 9.73. The first-order valence-electron chi connectivity index (χ1n) is 26.7. The molecule has 7 heterocycles. The number of nitrogens with one attached hydrogen (secondary N) is 6. The van der Waals surface area contributed by atoms with Crippen molar-refractivity contribution in [3.05, 3.63) is 35.9 Å². The van der Waals surface area contributed by atoms with Crippen molar-refractivity contribution in [2.45, 2.75) is 126 Å². The molecule has 0 spiro atoms. The summed E-state index contributed by atoms with van der Waals surface area (Å²) in [6, 6.07) is -1.65. The van der Waals surface area contributed by atoms with Crippen LogP contribution in [0, 0.1) is 35.5 Å². The van der Waals surface area contributed by atoms with Crippen LogP contribution in [0.5, 0.6) is 5.75 Å². The van der Waals surface area contributed by atoms with Crippen LogP contribution in [0.15, 0.2) is 35.4 Å². The van der Waals surface area contributed by atoms with Gasteiger partial charge in [-0.15, -0.1) is 0 Å². The number of fused-ring (bicyclic) bond motifs is 10. The van der Waals surface area contributed by atoms with E-state index in [0.717, 1.165) is 9.80 Å². The van der Waals surface area contributed by atoms with Gasteiger partial charge in [-0.2, -0.15) is 0 Å². The summed E-state index contributed by atoms with van der Waals surface area (Å²) in [6.45, 7) is 5.13. The molecular weight excluding hydrogens is 1070 g/mol. The molecule has 6 unspecified atom stereocenters. The van der Waals surface area contributed by atoms with Crippen molar-refractivity contribution in [1.82, 2.24) is 41.4 Å². The van der Waals surface area contributed by atoms with Gasteiger partial charge in [0.25, 0.3) is 0 Å². The number of hydrogen-bond acceptors (Lipinski definition) is 17. The van der Waals surface area contributed by atoms with Crippen molar-refractivity contribution in [2.24, 2.45) is 41.2 Å². The highest BCUT2D eigenvalue weighted by Gasteiger charge is 2.70. The highest BCUT2D eigenvalue weighted by atomic mass is 32.2. The third kappa shape index (κ3) is 11.9. The predicted molar refractivity (Wildman–Crippen MR) is 279 cm³/mol. The Morgan fingerprint density at radius 3 is 2.15 bits per heavy atom. The van der Waals surface area contributed by atoms with Crippen LogP contribution in [-0.4, -0.2) is 192 Å². The molecule has 6 aliphatic heterocycles. The Morgan fingerprint density at radius 2 is 1.51 bits per heavy atom. The van der Waals surface area contributed by atoms with Crippen molar-refractivity contribution in [2.75, 3.05) is 45.1 Å². The molecule has 80 heavy (non-hydrogen) atoms. The number of nitrogens with zero attached hydrogens (tertiary/aromatic N) is 2. The number of aliphatic hydroxyl groups is 3. The molecule has 0 radical (unpaired) electrons. The fraction of sp³-hybridized carbons (Fsp3) is 0.604. The van der Waals surface area contributed by atoms with Crippen LogP contribution in [0.2, 0.25) is 0 Å². The fourth-order valence-electron chi connectivity index (χ4n) is 11.9. The molecule has 0 saturated carbocycles. The lowest BCUT2D eigenvalue weighted by molar-refractivity contribution is -0.146. The number of imide groups is 1. The van der Waals surface area contributed by atoms with Crippen LogP contribution in [-0.2, 0) is 74.7 Å². The van der Waals surface area contributed by atoms with Gasteiger partial charge in [-0.05, 0) is 43.9 Å². The van der Waals surface area contributed by atoms with E-state index in [2.05, 4.69) is 31.6 Å². The Balaban J connectivity index is 1.21. The smallest absolute Gasteiger partial charge is 0.243 e. The zero-order chi connectivity index (χ0) is 58.3. The third-order valence-corrected chi connectivity index (χ3v) is 17.9. The minimum atomic E-state index is -2.40. The number of amides is 9. The average molecular weight is 1140 g/mol. The number of carbonyl (C=O) groups is 11. The second kappa shape index (κ2) is 23.6. The summed E-state index contributed by atoms with van der Waals surface area (Å²) in [6.07, 6.45) is -2.22. The largest absolute Gasteiger partial charge is 0.492 e. The number of primary amides is 1. The first kappa shape index (κ1) is 59.2.